The van der Waals surface area contributed by atoms with E-state index >= 15 is 0 Å². The van der Waals surface area contributed by atoms with Crippen LogP contribution in [0, 0.1) is 5.92 Å². The van der Waals surface area contributed by atoms with Gasteiger partial charge in [-0.3, -0.25) is 9.69 Å². The quantitative estimate of drug-likeness (QED) is 0.867. The molecule has 112 valence electrons. The molecule has 0 radical (unpaired) electrons. The molecule has 0 aliphatic carbocycles. The van der Waals surface area contributed by atoms with Gasteiger partial charge in [0, 0.05) is 6.54 Å². The number of carbonyl (C=O) groups is 1. The van der Waals surface area contributed by atoms with Crippen molar-refractivity contribution in [1.82, 2.24) is 4.98 Å². The normalized spacial score (nSPS) is 20.7. The van der Waals surface area contributed by atoms with E-state index in [1.165, 1.54) is 11.3 Å². The Morgan fingerprint density at radius 3 is 2.81 bits per heavy atom. The number of hydrogen-bond donors (Lipinski definition) is 0. The van der Waals surface area contributed by atoms with Crippen molar-refractivity contribution in [3.63, 3.8) is 0 Å². The van der Waals surface area contributed by atoms with E-state index in [-0.39, 0.29) is 17.4 Å². The fraction of sp³-hybridized carbons (Fsp3) is 0.429. The molecule has 1 atom stereocenters. The average Bonchev–Trinajstić information content (AvgIpc) is 3.02. The summed E-state index contributed by atoms with van der Waals surface area (Å²) in [5, 5.41) is 0.646. The second kappa shape index (κ2) is 5.38. The topological polar surface area (TPSA) is 67.3 Å². The van der Waals surface area contributed by atoms with Crippen LogP contribution in [0.5, 0.6) is 0 Å². The van der Waals surface area contributed by atoms with Crippen LogP contribution in [-0.2, 0) is 14.6 Å². The molecule has 1 aliphatic heterocycles. The zero-order valence-electron chi connectivity index (χ0n) is 11.7. The molecule has 5 nitrogen and oxygen atoms in total. The summed E-state index contributed by atoms with van der Waals surface area (Å²) in [4.78, 5) is 18.7. The Hall–Kier alpha value is -1.47. The van der Waals surface area contributed by atoms with Crippen molar-refractivity contribution in [3.8, 4) is 0 Å². The minimum atomic E-state index is -3.05. The van der Waals surface area contributed by atoms with Crippen LogP contribution < -0.4 is 4.90 Å². The summed E-state index contributed by atoms with van der Waals surface area (Å²) in [6, 6.07) is 7.72. The van der Waals surface area contributed by atoms with E-state index in [4.69, 9.17) is 0 Å². The highest BCUT2D eigenvalue weighted by Gasteiger charge is 2.36. The maximum Gasteiger partial charge on any atom is 0.232 e. The van der Waals surface area contributed by atoms with Gasteiger partial charge in [0.2, 0.25) is 5.91 Å². The second-order valence-corrected chi connectivity index (χ2v) is 8.38. The molecule has 0 spiro atoms. The number of fused-ring (bicyclic) bond motifs is 1. The fourth-order valence-electron chi connectivity index (χ4n) is 2.57. The Morgan fingerprint density at radius 2 is 2.19 bits per heavy atom. The third-order valence-electron chi connectivity index (χ3n) is 3.68. The lowest BCUT2D eigenvalue weighted by Crippen LogP contribution is -2.36. The van der Waals surface area contributed by atoms with Gasteiger partial charge < -0.3 is 0 Å². The van der Waals surface area contributed by atoms with Crippen LogP contribution in [0.2, 0.25) is 0 Å². The third kappa shape index (κ3) is 2.80. The molecular formula is C14H16N2O3S2. The van der Waals surface area contributed by atoms with Gasteiger partial charge in [0.25, 0.3) is 0 Å². The molecule has 1 fully saturated rings. The Balaban J connectivity index is 1.89. The smallest absolute Gasteiger partial charge is 0.232 e. The van der Waals surface area contributed by atoms with Gasteiger partial charge in [-0.1, -0.05) is 23.5 Å². The van der Waals surface area contributed by atoms with E-state index in [0.717, 1.165) is 10.2 Å². The molecule has 1 aliphatic rings. The number of hydrogen-bond acceptors (Lipinski definition) is 5. The molecule has 7 heteroatoms. The summed E-state index contributed by atoms with van der Waals surface area (Å²) in [6.45, 7) is 2.38. The molecule has 0 saturated carbocycles. The van der Waals surface area contributed by atoms with E-state index in [1.807, 2.05) is 31.2 Å². The number of para-hydroxylation sites is 1. The largest absolute Gasteiger partial charge is 0.288 e. The standard InChI is InChI=1S/C14H16N2O3S2/c1-2-16(13(17)10-7-8-21(18,19)9-10)14-15-11-5-3-4-6-12(11)20-14/h3-6,10H,2,7-9H2,1H3. The minimum absolute atomic E-state index is 0.0345. The first-order chi connectivity index (χ1) is 10.00. The van der Waals surface area contributed by atoms with Crippen LogP contribution >= 0.6 is 11.3 Å². The number of anilines is 1. The van der Waals surface area contributed by atoms with Crippen LogP contribution in [0.25, 0.3) is 10.2 Å². The summed E-state index contributed by atoms with van der Waals surface area (Å²) in [5.74, 6) is -0.479. The van der Waals surface area contributed by atoms with E-state index in [2.05, 4.69) is 4.98 Å². The van der Waals surface area contributed by atoms with Crippen LogP contribution in [0.4, 0.5) is 5.13 Å². The first kappa shape index (κ1) is 14.5. The molecule has 1 saturated heterocycles. The summed E-state index contributed by atoms with van der Waals surface area (Å²) < 4.78 is 24.1. The van der Waals surface area contributed by atoms with Crippen LogP contribution in [0.3, 0.4) is 0 Å². The van der Waals surface area contributed by atoms with Crippen molar-refractivity contribution in [3.05, 3.63) is 24.3 Å². The number of benzene rings is 1. The lowest BCUT2D eigenvalue weighted by Gasteiger charge is -2.20. The molecule has 0 bridgehead atoms. The highest BCUT2D eigenvalue weighted by atomic mass is 32.2. The van der Waals surface area contributed by atoms with Crippen LogP contribution in [-0.4, -0.2) is 37.4 Å². The molecule has 1 amide bonds. The molecule has 2 heterocycles. The average molecular weight is 324 g/mol. The van der Waals surface area contributed by atoms with Gasteiger partial charge in [0.15, 0.2) is 15.0 Å². The molecule has 21 heavy (non-hydrogen) atoms. The van der Waals surface area contributed by atoms with E-state index in [1.54, 1.807) is 4.90 Å². The van der Waals surface area contributed by atoms with E-state index in [0.29, 0.717) is 18.1 Å². The van der Waals surface area contributed by atoms with Crippen molar-refractivity contribution < 1.29 is 13.2 Å². The molecule has 2 aromatic rings. The first-order valence-corrected chi connectivity index (χ1v) is 9.51. The predicted molar refractivity (Wildman–Crippen MR) is 84.4 cm³/mol. The zero-order valence-corrected chi connectivity index (χ0v) is 13.3. The highest BCUT2D eigenvalue weighted by molar-refractivity contribution is 7.91. The monoisotopic (exact) mass is 324 g/mol. The van der Waals surface area contributed by atoms with Gasteiger partial charge in [0.1, 0.15) is 0 Å². The Kier molecular flexibility index (Phi) is 3.71. The van der Waals surface area contributed by atoms with Crippen molar-refractivity contribution in [2.45, 2.75) is 13.3 Å². The van der Waals surface area contributed by atoms with Crippen LogP contribution in [0.1, 0.15) is 13.3 Å². The minimum Gasteiger partial charge on any atom is -0.288 e. The number of rotatable bonds is 3. The molecule has 1 aromatic heterocycles. The van der Waals surface area contributed by atoms with Gasteiger partial charge in [0.05, 0.1) is 27.6 Å². The van der Waals surface area contributed by atoms with Crippen LogP contribution in [0.15, 0.2) is 24.3 Å². The van der Waals surface area contributed by atoms with E-state index in [9.17, 15) is 13.2 Å². The second-order valence-electron chi connectivity index (χ2n) is 5.15. The van der Waals surface area contributed by atoms with Crippen molar-refractivity contribution in [2.75, 3.05) is 23.0 Å². The summed E-state index contributed by atoms with van der Waals surface area (Å²) >= 11 is 1.46. The number of amides is 1. The van der Waals surface area contributed by atoms with Crippen molar-refractivity contribution >= 4 is 42.4 Å². The van der Waals surface area contributed by atoms with Gasteiger partial charge >= 0.3 is 0 Å². The van der Waals surface area contributed by atoms with Gasteiger partial charge in [-0.15, -0.1) is 0 Å². The number of sulfone groups is 1. The number of thiazole rings is 1. The number of carbonyl (C=O) groups excluding carboxylic acids is 1. The predicted octanol–water partition coefficient (Wildman–Crippen LogP) is 2.08. The zero-order chi connectivity index (χ0) is 15.0. The molecular weight excluding hydrogens is 308 g/mol. The maximum absolute atomic E-state index is 12.6. The van der Waals surface area contributed by atoms with Crippen molar-refractivity contribution in [2.24, 2.45) is 5.92 Å². The number of aromatic nitrogens is 1. The lowest BCUT2D eigenvalue weighted by atomic mass is 10.1. The fourth-order valence-corrected chi connectivity index (χ4v) is 5.34. The van der Waals surface area contributed by atoms with Gasteiger partial charge in [-0.2, -0.15) is 0 Å². The first-order valence-electron chi connectivity index (χ1n) is 6.87. The van der Waals surface area contributed by atoms with Gasteiger partial charge in [-0.25, -0.2) is 13.4 Å². The Morgan fingerprint density at radius 1 is 1.43 bits per heavy atom. The SMILES string of the molecule is CCN(C(=O)C1CCS(=O)(=O)C1)c1nc2ccccc2s1. The van der Waals surface area contributed by atoms with Gasteiger partial charge in [-0.05, 0) is 25.5 Å². The Labute approximate surface area is 127 Å². The number of nitrogens with zero attached hydrogens (tertiary/aromatic N) is 2. The highest BCUT2D eigenvalue weighted by Crippen LogP contribution is 2.30. The molecule has 1 aromatic carbocycles. The molecule has 1 unspecified atom stereocenters. The maximum atomic E-state index is 12.6. The Bertz CT molecular complexity index is 749. The third-order valence-corrected chi connectivity index (χ3v) is 6.50. The summed E-state index contributed by atoms with van der Waals surface area (Å²) in [5.41, 5.74) is 0.864. The molecule has 3 rings (SSSR count). The summed E-state index contributed by atoms with van der Waals surface area (Å²) in [7, 11) is -3.05. The lowest BCUT2D eigenvalue weighted by molar-refractivity contribution is -0.121. The van der Waals surface area contributed by atoms with Crippen molar-refractivity contribution in [1.29, 1.82) is 0 Å². The van der Waals surface area contributed by atoms with E-state index < -0.39 is 15.8 Å². The molecule has 0 N–H and O–H groups in total. The summed E-state index contributed by atoms with van der Waals surface area (Å²) in [6.07, 6.45) is 0.419.